The number of nitrogens with zero attached hydrogens (tertiary/aromatic N) is 6. The molecule has 2 heterocycles. The number of carbonyl (C=O) groups excluding carboxylic acids is 2. The van der Waals surface area contributed by atoms with Gasteiger partial charge in [0.1, 0.15) is 0 Å². The van der Waals surface area contributed by atoms with E-state index in [0.29, 0.717) is 38.3 Å². The number of carbonyl (C=O) groups is 2. The van der Waals surface area contributed by atoms with Gasteiger partial charge in [-0.15, -0.1) is 5.10 Å². The van der Waals surface area contributed by atoms with E-state index in [2.05, 4.69) is 20.4 Å². The van der Waals surface area contributed by atoms with Crippen molar-refractivity contribution in [2.24, 2.45) is 0 Å². The van der Waals surface area contributed by atoms with Crippen molar-refractivity contribution in [1.29, 1.82) is 0 Å². The lowest BCUT2D eigenvalue weighted by molar-refractivity contribution is 0.0569. The Labute approximate surface area is 180 Å². The van der Waals surface area contributed by atoms with Crippen LogP contribution in [-0.4, -0.2) is 75.2 Å². The summed E-state index contributed by atoms with van der Waals surface area (Å²) in [6.45, 7) is 5.11. The summed E-state index contributed by atoms with van der Waals surface area (Å²) in [6, 6.07) is 14.8. The summed E-state index contributed by atoms with van der Waals surface area (Å²) in [5.74, 6) is 0.0790. The van der Waals surface area contributed by atoms with Crippen LogP contribution in [0.3, 0.4) is 0 Å². The van der Waals surface area contributed by atoms with Crippen molar-refractivity contribution in [3.05, 3.63) is 71.0 Å². The molecule has 1 saturated heterocycles. The highest BCUT2D eigenvalue weighted by molar-refractivity contribution is 6.05. The lowest BCUT2D eigenvalue weighted by Crippen LogP contribution is -2.48. The smallest absolute Gasteiger partial charge is 0.338 e. The first-order chi connectivity index (χ1) is 15.1. The van der Waals surface area contributed by atoms with E-state index < -0.39 is 5.97 Å². The second-order valence-corrected chi connectivity index (χ2v) is 7.45. The Kier molecular flexibility index (Phi) is 6.03. The highest BCUT2D eigenvalue weighted by atomic mass is 16.5. The summed E-state index contributed by atoms with van der Waals surface area (Å²) in [4.78, 5) is 29.0. The Morgan fingerprint density at radius 1 is 0.968 bits per heavy atom. The lowest BCUT2D eigenvalue weighted by atomic mass is 10.1. The number of hydrogen-bond donors (Lipinski definition) is 0. The zero-order chi connectivity index (χ0) is 21.8. The minimum Gasteiger partial charge on any atom is -0.465 e. The molecule has 1 fully saturated rings. The molecule has 2 aromatic carbocycles. The number of amides is 1. The van der Waals surface area contributed by atoms with Gasteiger partial charge in [-0.3, -0.25) is 9.69 Å². The van der Waals surface area contributed by atoms with Crippen molar-refractivity contribution in [3.8, 4) is 5.69 Å². The van der Waals surface area contributed by atoms with Gasteiger partial charge in [0.2, 0.25) is 0 Å². The molecule has 9 heteroatoms. The Hall–Kier alpha value is -3.59. The number of tetrazole rings is 1. The number of benzene rings is 2. The van der Waals surface area contributed by atoms with E-state index in [-0.39, 0.29) is 11.5 Å². The Bertz CT molecular complexity index is 1070. The SMILES string of the molecule is COC(=O)c1ccccc1C(=O)N1CCN(Cc2nnnn2-c2ccc(C)cc2)CC1. The molecular weight excluding hydrogens is 396 g/mol. The zero-order valence-electron chi connectivity index (χ0n) is 17.6. The maximum absolute atomic E-state index is 13.0. The fraction of sp³-hybridized carbons (Fsp3) is 0.318. The molecule has 0 atom stereocenters. The average molecular weight is 420 g/mol. The summed E-state index contributed by atoms with van der Waals surface area (Å²) >= 11 is 0. The highest BCUT2D eigenvalue weighted by Crippen LogP contribution is 2.16. The van der Waals surface area contributed by atoms with Gasteiger partial charge in [-0.2, -0.15) is 4.68 Å². The molecule has 4 rings (SSSR count). The van der Waals surface area contributed by atoms with Crippen molar-refractivity contribution < 1.29 is 14.3 Å². The molecule has 1 aliphatic heterocycles. The average Bonchev–Trinajstić information content (AvgIpc) is 3.27. The van der Waals surface area contributed by atoms with Gasteiger partial charge in [-0.25, -0.2) is 4.79 Å². The standard InChI is InChI=1S/C22H24N6O3/c1-16-7-9-17(10-8-16)28-20(23-24-25-28)15-26-11-13-27(14-12-26)21(29)18-5-3-4-6-19(18)22(30)31-2/h3-10H,11-15H2,1-2H3. The molecule has 0 spiro atoms. The first kappa shape index (κ1) is 20.7. The van der Waals surface area contributed by atoms with Crippen LogP contribution in [0.5, 0.6) is 0 Å². The van der Waals surface area contributed by atoms with Gasteiger partial charge in [0.05, 0.1) is 30.5 Å². The number of ether oxygens (including phenoxy) is 1. The molecule has 0 aliphatic carbocycles. The van der Waals surface area contributed by atoms with Crippen LogP contribution in [0.4, 0.5) is 0 Å². The molecule has 3 aromatic rings. The first-order valence-corrected chi connectivity index (χ1v) is 10.1. The first-order valence-electron chi connectivity index (χ1n) is 10.1. The normalized spacial score (nSPS) is 14.5. The number of esters is 1. The van der Waals surface area contributed by atoms with E-state index >= 15 is 0 Å². The number of aryl methyl sites for hydroxylation is 1. The number of piperazine rings is 1. The molecule has 1 amide bonds. The van der Waals surface area contributed by atoms with Gasteiger partial charge in [0.15, 0.2) is 5.82 Å². The molecule has 31 heavy (non-hydrogen) atoms. The van der Waals surface area contributed by atoms with E-state index in [0.717, 1.165) is 11.5 Å². The predicted molar refractivity (Wildman–Crippen MR) is 113 cm³/mol. The van der Waals surface area contributed by atoms with Gasteiger partial charge < -0.3 is 9.64 Å². The monoisotopic (exact) mass is 420 g/mol. The number of rotatable bonds is 5. The van der Waals surface area contributed by atoms with Gasteiger partial charge >= 0.3 is 5.97 Å². The third kappa shape index (κ3) is 4.46. The fourth-order valence-electron chi connectivity index (χ4n) is 3.63. The van der Waals surface area contributed by atoms with Crippen LogP contribution in [0.25, 0.3) is 5.69 Å². The molecule has 0 unspecified atom stereocenters. The summed E-state index contributed by atoms with van der Waals surface area (Å²) in [5.41, 5.74) is 2.74. The van der Waals surface area contributed by atoms with Crippen LogP contribution in [0, 0.1) is 6.92 Å². The third-order valence-corrected chi connectivity index (χ3v) is 5.40. The number of hydrogen-bond acceptors (Lipinski definition) is 7. The zero-order valence-corrected chi connectivity index (χ0v) is 17.6. The minimum absolute atomic E-state index is 0.162. The molecule has 1 aromatic heterocycles. The van der Waals surface area contributed by atoms with Gasteiger partial charge in [-0.1, -0.05) is 29.8 Å². The molecule has 160 valence electrons. The largest absolute Gasteiger partial charge is 0.465 e. The van der Waals surface area contributed by atoms with E-state index in [1.54, 1.807) is 33.8 Å². The van der Waals surface area contributed by atoms with Crippen LogP contribution in [0.15, 0.2) is 48.5 Å². The second kappa shape index (κ2) is 9.05. The summed E-state index contributed by atoms with van der Waals surface area (Å²) in [7, 11) is 1.31. The van der Waals surface area contributed by atoms with Gasteiger partial charge in [0, 0.05) is 26.2 Å². The molecule has 1 aliphatic rings. The molecule has 0 saturated carbocycles. The summed E-state index contributed by atoms with van der Waals surface area (Å²) in [5, 5.41) is 12.1. The van der Waals surface area contributed by atoms with Crippen molar-refractivity contribution >= 4 is 11.9 Å². The topological polar surface area (TPSA) is 93.5 Å². The van der Waals surface area contributed by atoms with Crippen molar-refractivity contribution in [3.63, 3.8) is 0 Å². The Balaban J connectivity index is 1.40. The van der Waals surface area contributed by atoms with Crippen molar-refractivity contribution in [2.75, 3.05) is 33.3 Å². The van der Waals surface area contributed by atoms with Crippen molar-refractivity contribution in [2.45, 2.75) is 13.5 Å². The third-order valence-electron chi connectivity index (χ3n) is 5.40. The quantitative estimate of drug-likeness (QED) is 0.580. The minimum atomic E-state index is -0.509. The van der Waals surface area contributed by atoms with Gasteiger partial charge in [-0.05, 0) is 41.6 Å². The Morgan fingerprint density at radius 2 is 1.65 bits per heavy atom. The predicted octanol–water partition coefficient (Wildman–Crippen LogP) is 1.72. The summed E-state index contributed by atoms with van der Waals surface area (Å²) in [6.07, 6.45) is 0. The van der Waals surface area contributed by atoms with Crippen LogP contribution < -0.4 is 0 Å². The number of aromatic nitrogens is 4. The van der Waals surface area contributed by atoms with Crippen LogP contribution in [-0.2, 0) is 11.3 Å². The van der Waals surface area contributed by atoms with E-state index in [1.165, 1.54) is 12.7 Å². The fourth-order valence-corrected chi connectivity index (χ4v) is 3.63. The maximum Gasteiger partial charge on any atom is 0.338 e. The van der Waals surface area contributed by atoms with E-state index in [4.69, 9.17) is 4.74 Å². The van der Waals surface area contributed by atoms with E-state index in [1.807, 2.05) is 31.2 Å². The van der Waals surface area contributed by atoms with Crippen molar-refractivity contribution in [1.82, 2.24) is 30.0 Å². The molecule has 0 N–H and O–H groups in total. The number of methoxy groups -OCH3 is 1. The van der Waals surface area contributed by atoms with E-state index in [9.17, 15) is 9.59 Å². The molecule has 0 bridgehead atoms. The lowest BCUT2D eigenvalue weighted by Gasteiger charge is -2.34. The maximum atomic E-state index is 13.0. The highest BCUT2D eigenvalue weighted by Gasteiger charge is 2.26. The van der Waals surface area contributed by atoms with Gasteiger partial charge in [0.25, 0.3) is 5.91 Å². The van der Waals surface area contributed by atoms with Crippen LogP contribution in [0.1, 0.15) is 32.1 Å². The molecule has 0 radical (unpaired) electrons. The van der Waals surface area contributed by atoms with Crippen LogP contribution in [0.2, 0.25) is 0 Å². The summed E-state index contributed by atoms with van der Waals surface area (Å²) < 4.78 is 6.55. The van der Waals surface area contributed by atoms with Crippen LogP contribution >= 0.6 is 0 Å². The Morgan fingerprint density at radius 3 is 2.32 bits per heavy atom. The molecular formula is C22H24N6O3. The second-order valence-electron chi connectivity index (χ2n) is 7.45. The molecule has 9 nitrogen and oxygen atoms in total.